The first-order valence-electron chi connectivity index (χ1n) is 7.60. The second-order valence-corrected chi connectivity index (χ2v) is 5.58. The quantitative estimate of drug-likeness (QED) is 0.654. The molecule has 5 nitrogen and oxygen atoms in total. The number of aromatic amines is 1. The summed E-state index contributed by atoms with van der Waals surface area (Å²) >= 11 is 0. The Labute approximate surface area is 130 Å². The van der Waals surface area contributed by atoms with Gasteiger partial charge >= 0.3 is 0 Å². The summed E-state index contributed by atoms with van der Waals surface area (Å²) in [5.74, 6) is 0. The maximum absolute atomic E-state index is 9.06. The highest BCUT2D eigenvalue weighted by atomic mass is 16.3. The van der Waals surface area contributed by atoms with Gasteiger partial charge in [0.15, 0.2) is 0 Å². The van der Waals surface area contributed by atoms with E-state index >= 15 is 0 Å². The molecular formula is C17H22N4O. The summed E-state index contributed by atoms with van der Waals surface area (Å²) in [6.07, 6.45) is 0. The lowest BCUT2D eigenvalue weighted by Crippen LogP contribution is -2.14. The van der Waals surface area contributed by atoms with Crippen LogP contribution < -0.4 is 5.32 Å². The van der Waals surface area contributed by atoms with Crippen LogP contribution >= 0.6 is 0 Å². The van der Waals surface area contributed by atoms with Crippen LogP contribution in [-0.2, 0) is 19.6 Å². The number of aliphatic hydroxyl groups is 1. The van der Waals surface area contributed by atoms with Crippen molar-refractivity contribution >= 4 is 10.9 Å². The number of rotatable bonds is 6. The minimum atomic E-state index is 0.115. The number of aliphatic hydroxyl groups excluding tert-OH is 1. The van der Waals surface area contributed by atoms with E-state index in [1.807, 2.05) is 17.7 Å². The predicted molar refractivity (Wildman–Crippen MR) is 87.6 cm³/mol. The number of hydrogen-bond donors (Lipinski definition) is 3. The highest BCUT2D eigenvalue weighted by Crippen LogP contribution is 2.15. The fraction of sp³-hybridized carbons (Fsp3) is 0.353. The van der Waals surface area contributed by atoms with Gasteiger partial charge in [0, 0.05) is 35.6 Å². The van der Waals surface area contributed by atoms with Crippen molar-refractivity contribution in [2.75, 3.05) is 6.61 Å². The average Bonchev–Trinajstić information content (AvgIpc) is 3.03. The van der Waals surface area contributed by atoms with Crippen LogP contribution in [-0.4, -0.2) is 26.5 Å². The standard InChI is InChI=1S/C17H22N4O/c1-12-16(13(2)21(20-12)7-8-22)11-18-10-15-9-14-5-3-4-6-17(14)19-15/h3-6,9,18-19,22H,7-8,10-11H2,1-2H3. The number of hydrogen-bond acceptors (Lipinski definition) is 3. The lowest BCUT2D eigenvalue weighted by molar-refractivity contribution is 0.267. The molecule has 116 valence electrons. The Morgan fingerprint density at radius 1 is 1.23 bits per heavy atom. The number of H-pyrrole nitrogens is 1. The molecule has 2 heterocycles. The minimum absolute atomic E-state index is 0.115. The number of fused-ring (bicyclic) bond motifs is 1. The Morgan fingerprint density at radius 2 is 2.05 bits per heavy atom. The molecule has 3 aromatic rings. The Hall–Kier alpha value is -2.11. The van der Waals surface area contributed by atoms with Crippen molar-refractivity contribution in [1.29, 1.82) is 0 Å². The zero-order valence-corrected chi connectivity index (χ0v) is 13.1. The smallest absolute Gasteiger partial charge is 0.0644 e. The fourth-order valence-corrected chi connectivity index (χ4v) is 2.85. The van der Waals surface area contributed by atoms with E-state index < -0.39 is 0 Å². The average molecular weight is 298 g/mol. The Balaban J connectivity index is 1.65. The number of nitrogens with one attached hydrogen (secondary N) is 2. The van der Waals surface area contributed by atoms with Gasteiger partial charge in [0.25, 0.3) is 0 Å². The van der Waals surface area contributed by atoms with E-state index in [4.69, 9.17) is 5.11 Å². The summed E-state index contributed by atoms with van der Waals surface area (Å²) in [5, 5.41) is 18.2. The summed E-state index contributed by atoms with van der Waals surface area (Å²) < 4.78 is 1.87. The lowest BCUT2D eigenvalue weighted by atomic mass is 10.2. The van der Waals surface area contributed by atoms with E-state index in [9.17, 15) is 0 Å². The van der Waals surface area contributed by atoms with Crippen LogP contribution in [0.1, 0.15) is 22.6 Å². The predicted octanol–water partition coefficient (Wildman–Crippen LogP) is 2.26. The van der Waals surface area contributed by atoms with E-state index in [0.717, 1.165) is 24.5 Å². The molecular weight excluding hydrogens is 276 g/mol. The van der Waals surface area contributed by atoms with E-state index in [-0.39, 0.29) is 6.61 Å². The van der Waals surface area contributed by atoms with Crippen molar-refractivity contribution in [3.05, 3.63) is 53.0 Å². The molecule has 0 saturated heterocycles. The molecule has 0 spiro atoms. The largest absolute Gasteiger partial charge is 0.394 e. The van der Waals surface area contributed by atoms with Gasteiger partial charge < -0.3 is 15.4 Å². The summed E-state index contributed by atoms with van der Waals surface area (Å²) in [6, 6.07) is 10.5. The monoisotopic (exact) mass is 298 g/mol. The molecule has 0 fully saturated rings. The summed E-state index contributed by atoms with van der Waals surface area (Å²) in [7, 11) is 0. The number of aryl methyl sites for hydroxylation is 1. The molecule has 0 unspecified atom stereocenters. The third-order valence-electron chi connectivity index (χ3n) is 4.05. The van der Waals surface area contributed by atoms with E-state index in [2.05, 4.69) is 46.6 Å². The molecule has 0 aliphatic heterocycles. The Bertz CT molecular complexity index is 739. The van der Waals surface area contributed by atoms with E-state index in [0.29, 0.717) is 6.54 Å². The number of benzene rings is 1. The summed E-state index contributed by atoms with van der Waals surface area (Å²) in [5.41, 5.74) is 5.71. The molecule has 0 amide bonds. The fourth-order valence-electron chi connectivity index (χ4n) is 2.85. The van der Waals surface area contributed by atoms with Gasteiger partial charge in [-0.2, -0.15) is 5.10 Å². The second kappa shape index (κ2) is 6.34. The molecule has 5 heteroatoms. The summed E-state index contributed by atoms with van der Waals surface area (Å²) in [6.45, 7) is 6.30. The topological polar surface area (TPSA) is 65.9 Å². The van der Waals surface area contributed by atoms with Crippen molar-refractivity contribution in [2.24, 2.45) is 0 Å². The van der Waals surface area contributed by atoms with Gasteiger partial charge in [0.2, 0.25) is 0 Å². The van der Waals surface area contributed by atoms with Gasteiger partial charge in [0.1, 0.15) is 0 Å². The maximum atomic E-state index is 9.06. The maximum Gasteiger partial charge on any atom is 0.0644 e. The van der Waals surface area contributed by atoms with Gasteiger partial charge in [-0.05, 0) is 31.4 Å². The Kier molecular flexibility index (Phi) is 4.27. The molecule has 3 rings (SSSR count). The lowest BCUT2D eigenvalue weighted by Gasteiger charge is -2.05. The zero-order chi connectivity index (χ0) is 15.5. The van der Waals surface area contributed by atoms with Gasteiger partial charge in [0.05, 0.1) is 18.8 Å². The van der Waals surface area contributed by atoms with Crippen molar-refractivity contribution in [3.63, 3.8) is 0 Å². The van der Waals surface area contributed by atoms with E-state index in [1.165, 1.54) is 22.2 Å². The van der Waals surface area contributed by atoms with Crippen LogP contribution in [0.3, 0.4) is 0 Å². The van der Waals surface area contributed by atoms with Crippen molar-refractivity contribution in [1.82, 2.24) is 20.1 Å². The van der Waals surface area contributed by atoms with Crippen molar-refractivity contribution < 1.29 is 5.11 Å². The molecule has 3 N–H and O–H groups in total. The number of aromatic nitrogens is 3. The van der Waals surface area contributed by atoms with E-state index in [1.54, 1.807) is 0 Å². The third-order valence-corrected chi connectivity index (χ3v) is 4.05. The summed E-state index contributed by atoms with van der Waals surface area (Å²) in [4.78, 5) is 3.42. The highest BCUT2D eigenvalue weighted by molar-refractivity contribution is 5.80. The first kappa shape index (κ1) is 14.8. The molecule has 0 aliphatic carbocycles. The molecule has 22 heavy (non-hydrogen) atoms. The van der Waals surface area contributed by atoms with Crippen LogP contribution in [0.4, 0.5) is 0 Å². The van der Waals surface area contributed by atoms with Crippen LogP contribution in [0.25, 0.3) is 10.9 Å². The SMILES string of the molecule is Cc1nn(CCO)c(C)c1CNCc1cc2ccccc2[nH]1. The molecule has 0 aliphatic rings. The van der Waals surface area contributed by atoms with Crippen LogP contribution in [0.5, 0.6) is 0 Å². The van der Waals surface area contributed by atoms with Crippen molar-refractivity contribution in [3.8, 4) is 0 Å². The van der Waals surface area contributed by atoms with Crippen LogP contribution in [0, 0.1) is 13.8 Å². The number of nitrogens with zero attached hydrogens (tertiary/aromatic N) is 2. The third kappa shape index (κ3) is 2.91. The molecule has 2 aromatic heterocycles. The normalized spacial score (nSPS) is 11.4. The highest BCUT2D eigenvalue weighted by Gasteiger charge is 2.10. The van der Waals surface area contributed by atoms with Crippen LogP contribution in [0.2, 0.25) is 0 Å². The molecule has 0 saturated carbocycles. The molecule has 0 atom stereocenters. The van der Waals surface area contributed by atoms with Gasteiger partial charge in [-0.3, -0.25) is 4.68 Å². The van der Waals surface area contributed by atoms with Gasteiger partial charge in [-0.25, -0.2) is 0 Å². The first-order valence-corrected chi connectivity index (χ1v) is 7.60. The van der Waals surface area contributed by atoms with Crippen molar-refractivity contribution in [2.45, 2.75) is 33.5 Å². The zero-order valence-electron chi connectivity index (χ0n) is 13.1. The van der Waals surface area contributed by atoms with Gasteiger partial charge in [-0.15, -0.1) is 0 Å². The van der Waals surface area contributed by atoms with Crippen LogP contribution in [0.15, 0.2) is 30.3 Å². The second-order valence-electron chi connectivity index (χ2n) is 5.58. The Morgan fingerprint density at radius 3 is 2.82 bits per heavy atom. The molecule has 1 aromatic carbocycles. The first-order chi connectivity index (χ1) is 10.7. The van der Waals surface area contributed by atoms with Gasteiger partial charge in [-0.1, -0.05) is 18.2 Å². The molecule has 0 bridgehead atoms. The molecule has 0 radical (unpaired) electrons. The minimum Gasteiger partial charge on any atom is -0.394 e. The number of para-hydroxylation sites is 1.